The van der Waals surface area contributed by atoms with E-state index < -0.39 is 0 Å². The van der Waals surface area contributed by atoms with Crippen LogP contribution in [0.2, 0.25) is 0 Å². The number of ether oxygens (including phenoxy) is 2. The first kappa shape index (κ1) is 14.3. The Labute approximate surface area is 111 Å². The Kier molecular flexibility index (Phi) is 3.54. The highest BCUT2D eigenvalue weighted by molar-refractivity contribution is 4.99. The van der Waals surface area contributed by atoms with Gasteiger partial charge in [-0.2, -0.15) is 0 Å². The standard InChI is InChI=1S/C15H29NO2/c1-11-6-7-15(8-11,10-16)17-12-9-13(2,3)18-14(12,4)5/h11-12H,6-10,16H2,1-5H3. The third-order valence-electron chi connectivity index (χ3n) is 4.57. The van der Waals surface area contributed by atoms with Gasteiger partial charge in [-0.3, -0.25) is 0 Å². The van der Waals surface area contributed by atoms with Crippen LogP contribution in [0.3, 0.4) is 0 Å². The second-order valence-corrected chi connectivity index (χ2v) is 7.51. The quantitative estimate of drug-likeness (QED) is 0.843. The Balaban J connectivity index is 2.09. The van der Waals surface area contributed by atoms with E-state index in [9.17, 15) is 0 Å². The van der Waals surface area contributed by atoms with Crippen molar-refractivity contribution in [2.75, 3.05) is 6.54 Å². The van der Waals surface area contributed by atoms with Crippen molar-refractivity contribution < 1.29 is 9.47 Å². The molecule has 2 N–H and O–H groups in total. The summed E-state index contributed by atoms with van der Waals surface area (Å²) in [6.45, 7) is 11.5. The maximum absolute atomic E-state index is 6.48. The van der Waals surface area contributed by atoms with E-state index in [4.69, 9.17) is 15.2 Å². The lowest BCUT2D eigenvalue weighted by Crippen LogP contribution is -2.46. The fourth-order valence-corrected chi connectivity index (χ4v) is 3.69. The topological polar surface area (TPSA) is 44.5 Å². The second-order valence-electron chi connectivity index (χ2n) is 7.51. The molecule has 1 aliphatic heterocycles. The fourth-order valence-electron chi connectivity index (χ4n) is 3.69. The van der Waals surface area contributed by atoms with Gasteiger partial charge in [0.25, 0.3) is 0 Å². The molecule has 0 spiro atoms. The summed E-state index contributed by atoms with van der Waals surface area (Å²) in [5, 5.41) is 0. The van der Waals surface area contributed by atoms with E-state index in [1.807, 2.05) is 0 Å². The maximum Gasteiger partial charge on any atom is 0.0895 e. The van der Waals surface area contributed by atoms with Crippen LogP contribution in [-0.4, -0.2) is 29.5 Å². The zero-order valence-electron chi connectivity index (χ0n) is 12.6. The van der Waals surface area contributed by atoms with Crippen molar-refractivity contribution in [1.29, 1.82) is 0 Å². The Morgan fingerprint density at radius 1 is 1.22 bits per heavy atom. The Bertz CT molecular complexity index is 314. The average molecular weight is 255 g/mol. The van der Waals surface area contributed by atoms with Crippen LogP contribution in [0.5, 0.6) is 0 Å². The summed E-state index contributed by atoms with van der Waals surface area (Å²) in [4.78, 5) is 0. The third kappa shape index (κ3) is 2.73. The van der Waals surface area contributed by atoms with Gasteiger partial charge in [-0.1, -0.05) is 6.92 Å². The van der Waals surface area contributed by atoms with Crippen LogP contribution in [0, 0.1) is 5.92 Å². The zero-order valence-corrected chi connectivity index (χ0v) is 12.6. The lowest BCUT2D eigenvalue weighted by atomic mass is 9.94. The molecule has 1 heterocycles. The highest BCUT2D eigenvalue weighted by atomic mass is 16.6. The number of hydrogen-bond donors (Lipinski definition) is 1. The van der Waals surface area contributed by atoms with E-state index in [0.29, 0.717) is 6.54 Å². The van der Waals surface area contributed by atoms with E-state index in [1.54, 1.807) is 0 Å². The van der Waals surface area contributed by atoms with Crippen molar-refractivity contribution >= 4 is 0 Å². The molecule has 0 amide bonds. The molecule has 3 atom stereocenters. The highest BCUT2D eigenvalue weighted by Crippen LogP contribution is 2.44. The van der Waals surface area contributed by atoms with Crippen LogP contribution in [0.1, 0.15) is 60.3 Å². The SMILES string of the molecule is CC1CCC(CN)(OC2CC(C)(C)OC2(C)C)C1. The fraction of sp³-hybridized carbons (Fsp3) is 1.00. The molecule has 3 nitrogen and oxygen atoms in total. The van der Waals surface area contributed by atoms with Gasteiger partial charge in [0.05, 0.1) is 22.9 Å². The lowest BCUT2D eigenvalue weighted by Gasteiger charge is -2.36. The molecule has 0 bridgehead atoms. The van der Waals surface area contributed by atoms with Gasteiger partial charge >= 0.3 is 0 Å². The first-order chi connectivity index (χ1) is 8.18. The second kappa shape index (κ2) is 4.46. The first-order valence-electron chi connectivity index (χ1n) is 7.26. The summed E-state index contributed by atoms with van der Waals surface area (Å²) in [5.74, 6) is 0.729. The van der Waals surface area contributed by atoms with Crippen molar-refractivity contribution in [3.05, 3.63) is 0 Å². The maximum atomic E-state index is 6.48. The number of rotatable bonds is 3. The highest BCUT2D eigenvalue weighted by Gasteiger charge is 2.50. The van der Waals surface area contributed by atoms with E-state index in [-0.39, 0.29) is 22.9 Å². The van der Waals surface area contributed by atoms with Crippen LogP contribution in [0.15, 0.2) is 0 Å². The molecule has 2 aliphatic rings. The van der Waals surface area contributed by atoms with E-state index >= 15 is 0 Å². The van der Waals surface area contributed by atoms with Gasteiger partial charge in [0, 0.05) is 13.0 Å². The van der Waals surface area contributed by atoms with E-state index in [1.165, 1.54) is 6.42 Å². The molecule has 2 rings (SSSR count). The zero-order chi connectivity index (χ0) is 13.6. The molecule has 1 aliphatic carbocycles. The number of hydrogen-bond acceptors (Lipinski definition) is 3. The largest absolute Gasteiger partial charge is 0.367 e. The van der Waals surface area contributed by atoms with Crippen LogP contribution in [-0.2, 0) is 9.47 Å². The van der Waals surface area contributed by atoms with Crippen molar-refractivity contribution in [3.8, 4) is 0 Å². The van der Waals surface area contributed by atoms with Gasteiger partial charge in [0.2, 0.25) is 0 Å². The van der Waals surface area contributed by atoms with Crippen molar-refractivity contribution in [2.24, 2.45) is 11.7 Å². The normalized spacial score (nSPS) is 42.3. The molecule has 0 aromatic rings. The molecule has 1 saturated carbocycles. The molecule has 0 aromatic carbocycles. The van der Waals surface area contributed by atoms with Gasteiger partial charge in [0.1, 0.15) is 0 Å². The van der Waals surface area contributed by atoms with E-state index in [0.717, 1.165) is 25.2 Å². The summed E-state index contributed by atoms with van der Waals surface area (Å²) in [6, 6.07) is 0. The molecule has 3 unspecified atom stereocenters. The van der Waals surface area contributed by atoms with Gasteiger partial charge < -0.3 is 15.2 Å². The summed E-state index contributed by atoms with van der Waals surface area (Å²) in [5.41, 5.74) is 5.59. The van der Waals surface area contributed by atoms with Crippen LogP contribution < -0.4 is 5.73 Å². The molecule has 0 aromatic heterocycles. The minimum absolute atomic E-state index is 0.0891. The Morgan fingerprint density at radius 3 is 2.28 bits per heavy atom. The average Bonchev–Trinajstić information content (AvgIpc) is 2.66. The predicted molar refractivity (Wildman–Crippen MR) is 73.5 cm³/mol. The van der Waals surface area contributed by atoms with Crippen LogP contribution in [0.4, 0.5) is 0 Å². The molecular weight excluding hydrogens is 226 g/mol. The van der Waals surface area contributed by atoms with Gasteiger partial charge in [0.15, 0.2) is 0 Å². The summed E-state index contributed by atoms with van der Waals surface area (Å²) in [6.07, 6.45) is 4.53. The van der Waals surface area contributed by atoms with E-state index in [2.05, 4.69) is 34.6 Å². The molecule has 106 valence electrons. The monoisotopic (exact) mass is 255 g/mol. The minimum Gasteiger partial charge on any atom is -0.367 e. The smallest absolute Gasteiger partial charge is 0.0895 e. The lowest BCUT2D eigenvalue weighted by molar-refractivity contribution is -0.148. The Hall–Kier alpha value is -0.120. The van der Waals surface area contributed by atoms with Gasteiger partial charge in [-0.15, -0.1) is 0 Å². The summed E-state index contributed by atoms with van der Waals surface area (Å²) in [7, 11) is 0. The molecular formula is C15H29NO2. The van der Waals surface area contributed by atoms with Crippen molar-refractivity contribution in [3.63, 3.8) is 0 Å². The first-order valence-corrected chi connectivity index (χ1v) is 7.26. The van der Waals surface area contributed by atoms with Gasteiger partial charge in [-0.25, -0.2) is 0 Å². The predicted octanol–water partition coefficient (Wildman–Crippen LogP) is 2.87. The molecule has 2 fully saturated rings. The molecule has 1 saturated heterocycles. The molecule has 3 heteroatoms. The van der Waals surface area contributed by atoms with Gasteiger partial charge in [-0.05, 0) is 52.9 Å². The summed E-state index contributed by atoms with van der Waals surface area (Å²) < 4.78 is 12.6. The van der Waals surface area contributed by atoms with Crippen molar-refractivity contribution in [1.82, 2.24) is 0 Å². The van der Waals surface area contributed by atoms with Crippen molar-refractivity contribution in [2.45, 2.75) is 83.2 Å². The number of nitrogens with two attached hydrogens (primary N) is 1. The third-order valence-corrected chi connectivity index (χ3v) is 4.57. The summed E-state index contributed by atoms with van der Waals surface area (Å²) >= 11 is 0. The Morgan fingerprint density at radius 2 is 1.89 bits per heavy atom. The van der Waals surface area contributed by atoms with Crippen LogP contribution in [0.25, 0.3) is 0 Å². The molecule has 18 heavy (non-hydrogen) atoms. The van der Waals surface area contributed by atoms with Crippen LogP contribution >= 0.6 is 0 Å². The molecule has 0 radical (unpaired) electrons. The minimum atomic E-state index is -0.211.